The van der Waals surface area contributed by atoms with E-state index in [2.05, 4.69) is 15.4 Å². The van der Waals surface area contributed by atoms with E-state index in [1.54, 1.807) is 12.1 Å². The van der Waals surface area contributed by atoms with Gasteiger partial charge < -0.3 is 10.2 Å². The summed E-state index contributed by atoms with van der Waals surface area (Å²) in [6.45, 7) is 1.92. The van der Waals surface area contributed by atoms with E-state index in [-0.39, 0.29) is 18.3 Å². The molecule has 0 spiro atoms. The molecule has 132 valence electrons. The first-order valence-electron chi connectivity index (χ1n) is 8.34. The van der Waals surface area contributed by atoms with Crippen molar-refractivity contribution in [3.63, 3.8) is 0 Å². The molecule has 0 bridgehead atoms. The van der Waals surface area contributed by atoms with Crippen molar-refractivity contribution in [2.75, 3.05) is 13.1 Å². The second-order valence-electron chi connectivity index (χ2n) is 6.13. The van der Waals surface area contributed by atoms with E-state index in [4.69, 9.17) is 0 Å². The van der Waals surface area contributed by atoms with Gasteiger partial charge in [-0.15, -0.1) is 5.10 Å². The van der Waals surface area contributed by atoms with E-state index in [1.807, 2.05) is 17.0 Å². The predicted octanol–water partition coefficient (Wildman–Crippen LogP) is 0.664. The quantitative estimate of drug-likeness (QED) is 0.852. The first kappa shape index (κ1) is 16.9. The lowest BCUT2D eigenvalue weighted by atomic mass is 10.1. The van der Waals surface area contributed by atoms with Gasteiger partial charge in [-0.1, -0.05) is 12.1 Å². The van der Waals surface area contributed by atoms with E-state index >= 15 is 0 Å². The third-order valence-corrected chi connectivity index (χ3v) is 4.28. The van der Waals surface area contributed by atoms with Gasteiger partial charge in [0.2, 0.25) is 5.82 Å². The number of carbonyl (C=O) groups is 2. The van der Waals surface area contributed by atoms with E-state index in [0.717, 1.165) is 36.2 Å². The molecule has 8 heteroatoms. The number of piperidine rings is 1. The van der Waals surface area contributed by atoms with Crippen LogP contribution in [-0.4, -0.2) is 44.6 Å². The molecule has 2 aromatic rings. The van der Waals surface area contributed by atoms with Crippen molar-refractivity contribution in [1.29, 1.82) is 0 Å². The van der Waals surface area contributed by atoms with E-state index in [0.29, 0.717) is 5.56 Å². The lowest BCUT2D eigenvalue weighted by Gasteiger charge is -2.26. The number of aromatic amines is 1. The Labute approximate surface area is 144 Å². The van der Waals surface area contributed by atoms with Gasteiger partial charge in [0.1, 0.15) is 0 Å². The molecule has 3 rings (SSSR count). The number of H-pyrrole nitrogens is 1. The zero-order valence-electron chi connectivity index (χ0n) is 14.1. The van der Waals surface area contributed by atoms with Crippen LogP contribution in [0.4, 0.5) is 0 Å². The molecule has 1 aromatic heterocycles. The molecule has 2 amide bonds. The smallest absolute Gasteiger partial charge is 0.343 e. The van der Waals surface area contributed by atoms with Crippen LogP contribution in [0.2, 0.25) is 0 Å². The first-order chi connectivity index (χ1) is 12.0. The number of nitrogens with one attached hydrogen (secondary N) is 2. The molecule has 0 saturated carbocycles. The minimum Gasteiger partial charge on any atom is -0.345 e. The maximum absolute atomic E-state index is 12.4. The standard InChI is InChI=1S/C17H21N5O3/c1-21-17(25)19-14(20-21)15(23)18-11-12-5-7-13(8-6-12)16(24)22-9-3-2-4-10-22/h5-8H,2-4,9-11H2,1H3,(H,18,23)(H,19,20,25). The highest BCUT2D eigenvalue weighted by molar-refractivity contribution is 5.94. The summed E-state index contributed by atoms with van der Waals surface area (Å²) in [7, 11) is 1.47. The summed E-state index contributed by atoms with van der Waals surface area (Å²) in [4.78, 5) is 39.9. The number of benzene rings is 1. The molecule has 1 saturated heterocycles. The van der Waals surface area contributed by atoms with Gasteiger partial charge >= 0.3 is 5.69 Å². The van der Waals surface area contributed by atoms with Crippen molar-refractivity contribution in [3.05, 3.63) is 51.7 Å². The van der Waals surface area contributed by atoms with Crippen molar-refractivity contribution < 1.29 is 9.59 Å². The zero-order chi connectivity index (χ0) is 17.8. The lowest BCUT2D eigenvalue weighted by Crippen LogP contribution is -2.35. The van der Waals surface area contributed by atoms with Gasteiger partial charge in [0, 0.05) is 32.2 Å². The number of hydrogen-bond donors (Lipinski definition) is 2. The molecule has 1 aliphatic rings. The summed E-state index contributed by atoms with van der Waals surface area (Å²) in [5, 5.41) is 6.49. The Balaban J connectivity index is 1.58. The van der Waals surface area contributed by atoms with Crippen LogP contribution in [0.3, 0.4) is 0 Å². The van der Waals surface area contributed by atoms with Crippen molar-refractivity contribution in [2.24, 2.45) is 7.05 Å². The summed E-state index contributed by atoms with van der Waals surface area (Å²) >= 11 is 0. The molecule has 2 heterocycles. The fourth-order valence-corrected chi connectivity index (χ4v) is 2.82. The third-order valence-electron chi connectivity index (χ3n) is 4.28. The SMILES string of the molecule is Cn1nc(C(=O)NCc2ccc(C(=O)N3CCCCC3)cc2)[nH]c1=O. The Morgan fingerprint density at radius 1 is 1.16 bits per heavy atom. The van der Waals surface area contributed by atoms with Crippen LogP contribution in [0, 0.1) is 0 Å². The molecular weight excluding hydrogens is 322 g/mol. The number of rotatable bonds is 4. The van der Waals surface area contributed by atoms with Crippen LogP contribution >= 0.6 is 0 Å². The first-order valence-corrected chi connectivity index (χ1v) is 8.34. The normalized spacial score (nSPS) is 14.4. The largest absolute Gasteiger partial charge is 0.345 e. The Kier molecular flexibility index (Phi) is 4.97. The second-order valence-corrected chi connectivity index (χ2v) is 6.13. The highest BCUT2D eigenvalue weighted by atomic mass is 16.2. The monoisotopic (exact) mass is 343 g/mol. The van der Waals surface area contributed by atoms with Crippen LogP contribution < -0.4 is 11.0 Å². The Morgan fingerprint density at radius 2 is 1.84 bits per heavy atom. The molecule has 1 aromatic carbocycles. The minimum absolute atomic E-state index is 0.0237. The van der Waals surface area contributed by atoms with Gasteiger partial charge in [-0.2, -0.15) is 0 Å². The molecule has 0 radical (unpaired) electrons. The Bertz CT molecular complexity index is 816. The maximum Gasteiger partial charge on any atom is 0.343 e. The van der Waals surface area contributed by atoms with Gasteiger partial charge in [0.05, 0.1) is 0 Å². The summed E-state index contributed by atoms with van der Waals surface area (Å²) in [6, 6.07) is 7.19. The summed E-state index contributed by atoms with van der Waals surface area (Å²) in [5.41, 5.74) is 1.08. The predicted molar refractivity (Wildman–Crippen MR) is 91.2 cm³/mol. The van der Waals surface area contributed by atoms with E-state index < -0.39 is 11.6 Å². The van der Waals surface area contributed by atoms with Gasteiger partial charge in [-0.25, -0.2) is 9.48 Å². The summed E-state index contributed by atoms with van der Waals surface area (Å²) in [5.74, 6) is -0.420. The second kappa shape index (κ2) is 7.33. The highest BCUT2D eigenvalue weighted by Crippen LogP contribution is 2.13. The number of nitrogens with zero attached hydrogens (tertiary/aromatic N) is 3. The molecule has 25 heavy (non-hydrogen) atoms. The minimum atomic E-state index is -0.453. The van der Waals surface area contributed by atoms with Crippen molar-refractivity contribution in [3.8, 4) is 0 Å². The average Bonchev–Trinajstić information content (AvgIpc) is 2.99. The fraction of sp³-hybridized carbons (Fsp3) is 0.412. The van der Waals surface area contributed by atoms with E-state index in [9.17, 15) is 14.4 Å². The Morgan fingerprint density at radius 3 is 2.44 bits per heavy atom. The van der Waals surface area contributed by atoms with Crippen LogP contribution in [0.1, 0.15) is 45.8 Å². The van der Waals surface area contributed by atoms with E-state index in [1.165, 1.54) is 13.5 Å². The van der Waals surface area contributed by atoms with Crippen LogP contribution in [0.25, 0.3) is 0 Å². The van der Waals surface area contributed by atoms with Crippen molar-refractivity contribution in [2.45, 2.75) is 25.8 Å². The molecule has 0 atom stereocenters. The maximum atomic E-state index is 12.4. The van der Waals surface area contributed by atoms with Gasteiger partial charge in [-0.3, -0.25) is 14.6 Å². The molecule has 8 nitrogen and oxygen atoms in total. The number of hydrogen-bond acceptors (Lipinski definition) is 4. The molecule has 0 aliphatic carbocycles. The lowest BCUT2D eigenvalue weighted by molar-refractivity contribution is 0.0724. The van der Waals surface area contributed by atoms with Gasteiger partial charge in [0.15, 0.2) is 0 Å². The number of carbonyl (C=O) groups excluding carboxylic acids is 2. The molecule has 0 unspecified atom stereocenters. The van der Waals surface area contributed by atoms with Crippen LogP contribution in [-0.2, 0) is 13.6 Å². The zero-order valence-corrected chi connectivity index (χ0v) is 14.1. The van der Waals surface area contributed by atoms with Crippen molar-refractivity contribution in [1.82, 2.24) is 25.0 Å². The van der Waals surface area contributed by atoms with Gasteiger partial charge in [-0.05, 0) is 37.0 Å². The molecule has 1 aliphatic heterocycles. The molecule has 1 fully saturated rings. The number of aromatic nitrogens is 3. The molecular formula is C17H21N5O3. The number of amides is 2. The highest BCUT2D eigenvalue weighted by Gasteiger charge is 2.18. The molecule has 2 N–H and O–H groups in total. The number of aryl methyl sites for hydroxylation is 1. The van der Waals surface area contributed by atoms with Gasteiger partial charge in [0.25, 0.3) is 11.8 Å². The topological polar surface area (TPSA) is 100 Å². The van der Waals surface area contributed by atoms with Crippen LogP contribution in [0.15, 0.2) is 29.1 Å². The fourth-order valence-electron chi connectivity index (χ4n) is 2.82. The Hall–Kier alpha value is -2.90. The average molecular weight is 343 g/mol. The summed E-state index contributed by atoms with van der Waals surface area (Å²) in [6.07, 6.45) is 3.31. The third kappa shape index (κ3) is 3.96. The van der Waals surface area contributed by atoms with Crippen molar-refractivity contribution >= 4 is 11.8 Å². The number of likely N-dealkylation sites (tertiary alicyclic amines) is 1. The van der Waals surface area contributed by atoms with Crippen LogP contribution in [0.5, 0.6) is 0 Å². The summed E-state index contributed by atoms with van der Waals surface area (Å²) < 4.78 is 1.07.